The number of aromatic nitrogens is 2. The molecular weight excluding hydrogens is 486 g/mol. The summed E-state index contributed by atoms with van der Waals surface area (Å²) in [5.41, 5.74) is 5.66. The quantitative estimate of drug-likeness (QED) is 0.240. The molecule has 0 bridgehead atoms. The zero-order valence-electron chi connectivity index (χ0n) is 21.7. The second kappa shape index (κ2) is 10.5. The molecule has 7 nitrogen and oxygen atoms in total. The second-order valence-electron chi connectivity index (χ2n) is 9.77. The lowest BCUT2D eigenvalue weighted by molar-refractivity contribution is -0.112. The zero-order valence-corrected chi connectivity index (χ0v) is 21.7. The van der Waals surface area contributed by atoms with E-state index >= 15 is 0 Å². The highest BCUT2D eigenvalue weighted by Crippen LogP contribution is 2.29. The monoisotopic (exact) mass is 515 g/mol. The molecule has 194 valence electrons. The molecular formula is C32H29N5O2. The Morgan fingerprint density at radius 1 is 0.795 bits per heavy atom. The molecule has 0 spiro atoms. The van der Waals surface area contributed by atoms with Gasteiger partial charge in [0, 0.05) is 61.0 Å². The first kappa shape index (κ1) is 24.4. The fourth-order valence-electron chi connectivity index (χ4n) is 5.08. The maximum Gasteiger partial charge on any atom is 0.298 e. The van der Waals surface area contributed by atoms with Crippen LogP contribution in [0.2, 0.25) is 0 Å². The number of nitrogens with zero attached hydrogens (tertiary/aromatic N) is 4. The van der Waals surface area contributed by atoms with Gasteiger partial charge in [-0.15, -0.1) is 0 Å². The van der Waals surface area contributed by atoms with Crippen molar-refractivity contribution in [2.75, 3.05) is 41.3 Å². The van der Waals surface area contributed by atoms with Crippen LogP contribution in [0.15, 0.2) is 103 Å². The summed E-state index contributed by atoms with van der Waals surface area (Å²) < 4.78 is 1.78. The molecule has 39 heavy (non-hydrogen) atoms. The third-order valence-electron chi connectivity index (χ3n) is 7.18. The normalized spacial score (nSPS) is 13.5. The molecule has 1 amide bonds. The van der Waals surface area contributed by atoms with Crippen LogP contribution in [0.25, 0.3) is 16.6 Å². The molecule has 1 fully saturated rings. The Morgan fingerprint density at radius 2 is 1.51 bits per heavy atom. The second-order valence-corrected chi connectivity index (χ2v) is 9.77. The number of aryl methyl sites for hydroxylation is 1. The first-order chi connectivity index (χ1) is 19.1. The average Bonchev–Trinajstić information content (AvgIpc) is 3.38. The van der Waals surface area contributed by atoms with Crippen LogP contribution in [-0.2, 0) is 4.79 Å². The van der Waals surface area contributed by atoms with Gasteiger partial charge in [0.25, 0.3) is 11.7 Å². The molecule has 0 atom stereocenters. The number of carbonyl (C=O) groups is 2. The van der Waals surface area contributed by atoms with Crippen molar-refractivity contribution in [1.82, 2.24) is 9.38 Å². The van der Waals surface area contributed by atoms with E-state index < -0.39 is 11.7 Å². The zero-order chi connectivity index (χ0) is 26.8. The lowest BCUT2D eigenvalue weighted by Gasteiger charge is -2.36. The van der Waals surface area contributed by atoms with Gasteiger partial charge < -0.3 is 19.5 Å². The van der Waals surface area contributed by atoms with Crippen molar-refractivity contribution in [2.45, 2.75) is 6.92 Å². The number of anilines is 3. The Morgan fingerprint density at radius 3 is 2.23 bits per heavy atom. The van der Waals surface area contributed by atoms with E-state index in [0.717, 1.165) is 59.9 Å². The predicted octanol–water partition coefficient (Wildman–Crippen LogP) is 5.46. The number of Topliss-reactive ketones (excluding diaryl/α,β-unsaturated/α-hetero) is 1. The molecule has 6 rings (SSSR count). The highest BCUT2D eigenvalue weighted by atomic mass is 16.2. The summed E-state index contributed by atoms with van der Waals surface area (Å²) in [5.74, 6) is -0.234. The van der Waals surface area contributed by atoms with Crippen LogP contribution in [0.4, 0.5) is 17.2 Å². The minimum absolute atomic E-state index is 0.354. The van der Waals surface area contributed by atoms with Crippen molar-refractivity contribution < 1.29 is 9.59 Å². The summed E-state index contributed by atoms with van der Waals surface area (Å²) in [4.78, 5) is 35.7. The molecule has 1 aliphatic heterocycles. The molecule has 1 N–H and O–H groups in total. The van der Waals surface area contributed by atoms with Gasteiger partial charge in [-0.2, -0.15) is 0 Å². The number of benzene rings is 2. The highest BCUT2D eigenvalue weighted by molar-refractivity contribution is 6.47. The maximum atomic E-state index is 13.4. The van der Waals surface area contributed by atoms with E-state index in [9.17, 15) is 9.59 Å². The van der Waals surface area contributed by atoms with Gasteiger partial charge in [0.05, 0.1) is 0 Å². The van der Waals surface area contributed by atoms with E-state index in [1.54, 1.807) is 4.40 Å². The maximum absolute atomic E-state index is 13.4. The number of hydrogen-bond acceptors (Lipinski definition) is 5. The van der Waals surface area contributed by atoms with Gasteiger partial charge in [-0.25, -0.2) is 4.98 Å². The van der Waals surface area contributed by atoms with Gasteiger partial charge in [0.15, 0.2) is 0 Å². The number of ketones is 1. The molecule has 3 aromatic heterocycles. The number of rotatable bonds is 6. The number of nitrogens with one attached hydrogen (secondary N) is 1. The third kappa shape index (κ3) is 4.99. The van der Waals surface area contributed by atoms with Crippen molar-refractivity contribution in [3.05, 3.63) is 115 Å². The largest absolute Gasteiger partial charge is 0.368 e. The molecule has 5 aromatic rings. The van der Waals surface area contributed by atoms with Crippen molar-refractivity contribution in [3.63, 3.8) is 0 Å². The molecule has 0 aliphatic carbocycles. The summed E-state index contributed by atoms with van der Waals surface area (Å²) in [5, 5.41) is 2.80. The van der Waals surface area contributed by atoms with E-state index in [1.165, 1.54) is 0 Å². The van der Waals surface area contributed by atoms with Gasteiger partial charge >= 0.3 is 0 Å². The van der Waals surface area contributed by atoms with E-state index in [4.69, 9.17) is 0 Å². The summed E-state index contributed by atoms with van der Waals surface area (Å²) in [6.45, 7) is 5.57. The Labute approximate surface area is 227 Å². The first-order valence-electron chi connectivity index (χ1n) is 13.1. The smallest absolute Gasteiger partial charge is 0.298 e. The van der Waals surface area contributed by atoms with Gasteiger partial charge in [0.1, 0.15) is 11.5 Å². The average molecular weight is 516 g/mol. The molecule has 0 saturated carbocycles. The van der Waals surface area contributed by atoms with Crippen LogP contribution >= 0.6 is 0 Å². The van der Waals surface area contributed by atoms with Gasteiger partial charge in [0.2, 0.25) is 0 Å². The van der Waals surface area contributed by atoms with Crippen LogP contribution in [0.3, 0.4) is 0 Å². The van der Waals surface area contributed by atoms with E-state index in [1.807, 2.05) is 98.2 Å². The van der Waals surface area contributed by atoms with Crippen molar-refractivity contribution >= 4 is 34.4 Å². The minimum Gasteiger partial charge on any atom is -0.368 e. The SMILES string of the molecule is Cc1ccc(N2CCN(c3ccc(NC(=O)C(=O)c4c(-c5ccccc5)cc5ccccn45)cc3)CC2)nc1. The number of amides is 1. The number of carbonyl (C=O) groups excluding carboxylic acids is 2. The number of fused-ring (bicyclic) bond motifs is 1. The van der Waals surface area contributed by atoms with Crippen LogP contribution in [-0.4, -0.2) is 47.3 Å². The molecule has 4 heterocycles. The molecule has 0 radical (unpaired) electrons. The van der Waals surface area contributed by atoms with Crippen molar-refractivity contribution in [3.8, 4) is 11.1 Å². The van der Waals surface area contributed by atoms with E-state index in [-0.39, 0.29) is 0 Å². The van der Waals surface area contributed by atoms with Crippen molar-refractivity contribution in [2.24, 2.45) is 0 Å². The summed E-state index contributed by atoms with van der Waals surface area (Å²) in [6, 6.07) is 29.1. The number of piperazine rings is 1. The predicted molar refractivity (Wildman–Crippen MR) is 156 cm³/mol. The van der Waals surface area contributed by atoms with Crippen LogP contribution in [0.5, 0.6) is 0 Å². The van der Waals surface area contributed by atoms with E-state index in [2.05, 4.69) is 32.2 Å². The highest BCUT2D eigenvalue weighted by Gasteiger charge is 2.25. The van der Waals surface area contributed by atoms with Gasteiger partial charge in [-0.3, -0.25) is 9.59 Å². The fraction of sp³-hybridized carbons (Fsp3) is 0.156. The number of pyridine rings is 2. The van der Waals surface area contributed by atoms with Gasteiger partial charge in [-0.1, -0.05) is 42.5 Å². The molecule has 1 saturated heterocycles. The Balaban J connectivity index is 1.15. The minimum atomic E-state index is -0.664. The molecule has 1 aliphatic rings. The molecule has 7 heteroatoms. The lowest BCUT2D eigenvalue weighted by atomic mass is 10.0. The Hall–Kier alpha value is -4.91. The number of hydrogen-bond donors (Lipinski definition) is 1. The van der Waals surface area contributed by atoms with Crippen LogP contribution in [0, 0.1) is 6.92 Å². The summed E-state index contributed by atoms with van der Waals surface area (Å²) in [6.07, 6.45) is 3.71. The molecule has 0 unspecified atom stereocenters. The van der Waals surface area contributed by atoms with Crippen molar-refractivity contribution in [1.29, 1.82) is 0 Å². The van der Waals surface area contributed by atoms with Crippen LogP contribution in [0.1, 0.15) is 16.1 Å². The molecule has 2 aromatic carbocycles. The third-order valence-corrected chi connectivity index (χ3v) is 7.18. The van der Waals surface area contributed by atoms with Gasteiger partial charge in [-0.05, 0) is 66.6 Å². The first-order valence-corrected chi connectivity index (χ1v) is 13.1. The Kier molecular flexibility index (Phi) is 6.55. The topological polar surface area (TPSA) is 70.0 Å². The summed E-state index contributed by atoms with van der Waals surface area (Å²) >= 11 is 0. The lowest BCUT2D eigenvalue weighted by Crippen LogP contribution is -2.46. The van der Waals surface area contributed by atoms with E-state index in [0.29, 0.717) is 11.4 Å². The standard InChI is InChI=1S/C32H29N5O2/c1-23-10-15-29(33-22-23)36-19-17-35(18-20-36)26-13-11-25(12-14-26)34-32(39)31(38)30-28(24-7-3-2-4-8-24)21-27-9-5-6-16-37(27)30/h2-16,21-22H,17-20H2,1H3,(H,34,39). The fourth-order valence-corrected chi connectivity index (χ4v) is 5.08. The summed E-state index contributed by atoms with van der Waals surface area (Å²) in [7, 11) is 0. The Bertz CT molecular complexity index is 1620. The van der Waals surface area contributed by atoms with Crippen LogP contribution < -0.4 is 15.1 Å².